The van der Waals surface area contributed by atoms with Crippen molar-refractivity contribution in [3.05, 3.63) is 42.0 Å². The highest BCUT2D eigenvalue weighted by Crippen LogP contribution is 2.36. The molecule has 1 amide bonds. The molecule has 0 saturated carbocycles. The number of amides is 1. The Bertz CT molecular complexity index is 1040. The Labute approximate surface area is 178 Å². The number of sulfonamides is 1. The number of rotatable bonds is 8. The van der Waals surface area contributed by atoms with E-state index >= 15 is 0 Å². The molecular weight excluding hydrogens is 404 g/mol. The Morgan fingerprint density at radius 3 is 2.50 bits per heavy atom. The number of fused-ring (bicyclic) bond motifs is 1. The van der Waals surface area contributed by atoms with Crippen LogP contribution in [0, 0.1) is 0 Å². The predicted molar refractivity (Wildman–Crippen MR) is 117 cm³/mol. The monoisotopic (exact) mass is 432 g/mol. The number of hydrogen-bond donors (Lipinski definition) is 1. The van der Waals surface area contributed by atoms with Crippen molar-refractivity contribution in [1.82, 2.24) is 0 Å². The molecule has 0 aromatic heterocycles. The Kier molecular flexibility index (Phi) is 6.55. The molecular formula is C22H28N2O5S. The molecule has 30 heavy (non-hydrogen) atoms. The average molecular weight is 433 g/mol. The zero-order valence-electron chi connectivity index (χ0n) is 17.8. The third-order valence-corrected chi connectivity index (χ3v) is 6.32. The molecule has 0 saturated heterocycles. The van der Waals surface area contributed by atoms with Crippen LogP contribution in [-0.2, 0) is 21.2 Å². The number of anilines is 2. The van der Waals surface area contributed by atoms with Gasteiger partial charge in [0, 0.05) is 24.2 Å². The van der Waals surface area contributed by atoms with Crippen molar-refractivity contribution in [2.24, 2.45) is 0 Å². The van der Waals surface area contributed by atoms with Crippen LogP contribution in [0.25, 0.3) is 0 Å². The molecule has 2 aromatic carbocycles. The average Bonchev–Trinajstić information content (AvgIpc) is 3.04. The van der Waals surface area contributed by atoms with Crippen LogP contribution >= 0.6 is 0 Å². The van der Waals surface area contributed by atoms with E-state index in [4.69, 9.17) is 9.47 Å². The molecule has 1 aliphatic rings. The van der Waals surface area contributed by atoms with E-state index in [-0.39, 0.29) is 16.8 Å². The van der Waals surface area contributed by atoms with Gasteiger partial charge in [-0.05, 0) is 63.1 Å². The third kappa shape index (κ3) is 4.38. The quantitative estimate of drug-likeness (QED) is 0.682. The van der Waals surface area contributed by atoms with Gasteiger partial charge in [0.05, 0.1) is 23.8 Å². The van der Waals surface area contributed by atoms with Gasteiger partial charge in [-0.2, -0.15) is 0 Å². The Balaban J connectivity index is 1.93. The first-order valence-electron chi connectivity index (χ1n) is 10.2. The molecule has 0 bridgehead atoms. The Morgan fingerprint density at radius 1 is 1.10 bits per heavy atom. The van der Waals surface area contributed by atoms with Crippen LogP contribution in [0.15, 0.2) is 41.3 Å². The number of benzene rings is 2. The van der Waals surface area contributed by atoms with Gasteiger partial charge in [-0.25, -0.2) is 8.42 Å². The zero-order valence-corrected chi connectivity index (χ0v) is 18.6. The summed E-state index contributed by atoms with van der Waals surface area (Å²) < 4.78 is 39.9. The maximum atomic E-state index is 13.1. The van der Waals surface area contributed by atoms with E-state index < -0.39 is 10.0 Å². The summed E-state index contributed by atoms with van der Waals surface area (Å²) in [5.74, 6) is 1.01. The van der Waals surface area contributed by atoms with E-state index in [0.29, 0.717) is 43.2 Å². The summed E-state index contributed by atoms with van der Waals surface area (Å²) in [6.07, 6.45) is 1.02. The number of ether oxygens (including phenoxy) is 2. The van der Waals surface area contributed by atoms with Crippen LogP contribution in [0.5, 0.6) is 11.5 Å². The van der Waals surface area contributed by atoms with Crippen LogP contribution in [0.2, 0.25) is 0 Å². The highest BCUT2D eigenvalue weighted by Gasteiger charge is 2.31. The molecule has 1 atom stereocenters. The lowest BCUT2D eigenvalue weighted by molar-refractivity contribution is -0.118. The normalized spacial score (nSPS) is 15.6. The first kappa shape index (κ1) is 22.0. The molecule has 0 aliphatic carbocycles. The van der Waals surface area contributed by atoms with Crippen LogP contribution in [0.1, 0.15) is 39.7 Å². The van der Waals surface area contributed by atoms with Crippen LogP contribution in [0.3, 0.4) is 0 Å². The smallest absolute Gasteiger partial charge is 0.262 e. The highest BCUT2D eigenvalue weighted by atomic mass is 32.2. The van der Waals surface area contributed by atoms with Crippen molar-refractivity contribution in [2.75, 3.05) is 22.8 Å². The molecule has 7 nitrogen and oxygen atoms in total. The van der Waals surface area contributed by atoms with E-state index in [9.17, 15) is 13.2 Å². The van der Waals surface area contributed by atoms with Gasteiger partial charge in [-0.3, -0.25) is 9.52 Å². The summed E-state index contributed by atoms with van der Waals surface area (Å²) in [4.78, 5) is 14.2. The van der Waals surface area contributed by atoms with Crippen molar-refractivity contribution in [1.29, 1.82) is 0 Å². The van der Waals surface area contributed by atoms with Gasteiger partial charge in [-0.1, -0.05) is 6.92 Å². The van der Waals surface area contributed by atoms with Crippen LogP contribution in [0.4, 0.5) is 11.4 Å². The number of nitrogens with one attached hydrogen (secondary N) is 1. The molecule has 2 aromatic rings. The summed E-state index contributed by atoms with van der Waals surface area (Å²) >= 11 is 0. The lowest BCUT2D eigenvalue weighted by Crippen LogP contribution is -2.35. The van der Waals surface area contributed by atoms with Crippen molar-refractivity contribution in [2.45, 2.75) is 51.5 Å². The lowest BCUT2D eigenvalue weighted by Gasteiger charge is -2.22. The predicted octanol–water partition coefficient (Wildman–Crippen LogP) is 3.97. The van der Waals surface area contributed by atoms with Crippen molar-refractivity contribution >= 4 is 27.3 Å². The van der Waals surface area contributed by atoms with Crippen LogP contribution < -0.4 is 19.1 Å². The SMILES string of the molecule is CCOc1ccc(OCC)c(NS(=O)(=O)c2ccc3c(c2)CC(C)N3C(=O)CC)c1. The van der Waals surface area contributed by atoms with Gasteiger partial charge >= 0.3 is 0 Å². The minimum atomic E-state index is -3.86. The number of hydrogen-bond acceptors (Lipinski definition) is 5. The number of carbonyl (C=O) groups excluding carboxylic acids is 1. The van der Waals surface area contributed by atoms with Crippen molar-refractivity contribution in [3.63, 3.8) is 0 Å². The molecule has 0 radical (unpaired) electrons. The highest BCUT2D eigenvalue weighted by molar-refractivity contribution is 7.92. The van der Waals surface area contributed by atoms with E-state index in [1.807, 2.05) is 27.7 Å². The molecule has 1 N–H and O–H groups in total. The Hall–Kier alpha value is -2.74. The Morgan fingerprint density at radius 2 is 1.83 bits per heavy atom. The number of nitrogens with zero attached hydrogens (tertiary/aromatic N) is 1. The fraction of sp³-hybridized carbons (Fsp3) is 0.409. The van der Waals surface area contributed by atoms with E-state index in [1.165, 1.54) is 6.07 Å². The molecule has 8 heteroatoms. The number of carbonyl (C=O) groups is 1. The van der Waals surface area contributed by atoms with Gasteiger partial charge < -0.3 is 14.4 Å². The topological polar surface area (TPSA) is 84.9 Å². The summed E-state index contributed by atoms with van der Waals surface area (Å²) in [5, 5.41) is 0. The fourth-order valence-electron chi connectivity index (χ4n) is 3.66. The lowest BCUT2D eigenvalue weighted by atomic mass is 10.1. The minimum Gasteiger partial charge on any atom is -0.494 e. The van der Waals surface area contributed by atoms with Crippen molar-refractivity contribution in [3.8, 4) is 11.5 Å². The second-order valence-electron chi connectivity index (χ2n) is 7.09. The maximum absolute atomic E-state index is 13.1. The molecule has 1 heterocycles. The summed E-state index contributed by atoms with van der Waals surface area (Å²) in [7, 11) is -3.86. The molecule has 0 fully saturated rings. The molecule has 1 unspecified atom stereocenters. The van der Waals surface area contributed by atoms with E-state index in [1.54, 1.807) is 35.2 Å². The van der Waals surface area contributed by atoms with E-state index in [0.717, 1.165) is 11.3 Å². The maximum Gasteiger partial charge on any atom is 0.262 e. The minimum absolute atomic E-state index is 0.00537. The summed E-state index contributed by atoms with van der Waals surface area (Å²) in [6.45, 7) is 8.35. The first-order chi connectivity index (χ1) is 14.3. The zero-order chi connectivity index (χ0) is 21.9. The molecule has 3 rings (SSSR count). The second kappa shape index (κ2) is 8.95. The summed E-state index contributed by atoms with van der Waals surface area (Å²) in [5.41, 5.74) is 1.95. The fourth-order valence-corrected chi connectivity index (χ4v) is 4.77. The van der Waals surface area contributed by atoms with Gasteiger partial charge in [0.1, 0.15) is 11.5 Å². The van der Waals surface area contributed by atoms with Gasteiger partial charge in [0.25, 0.3) is 10.0 Å². The van der Waals surface area contributed by atoms with Crippen molar-refractivity contribution < 1.29 is 22.7 Å². The molecule has 1 aliphatic heterocycles. The van der Waals surface area contributed by atoms with Gasteiger partial charge in [0.15, 0.2) is 0 Å². The van der Waals surface area contributed by atoms with Gasteiger partial charge in [0.2, 0.25) is 5.91 Å². The first-order valence-corrected chi connectivity index (χ1v) is 11.7. The second-order valence-corrected chi connectivity index (χ2v) is 8.77. The largest absolute Gasteiger partial charge is 0.494 e. The van der Waals surface area contributed by atoms with Gasteiger partial charge in [-0.15, -0.1) is 0 Å². The third-order valence-electron chi connectivity index (χ3n) is 4.95. The summed E-state index contributed by atoms with van der Waals surface area (Å²) in [6, 6.07) is 9.93. The standard InChI is InChI=1S/C22H28N2O5S/c1-5-22(25)24-15(4)12-16-13-18(9-10-20(16)24)30(26,27)23-19-14-17(28-6-2)8-11-21(19)29-7-3/h8-11,13-15,23H,5-7,12H2,1-4H3. The molecule has 162 valence electrons. The van der Waals surface area contributed by atoms with Crippen LogP contribution in [-0.4, -0.2) is 33.6 Å². The van der Waals surface area contributed by atoms with E-state index in [2.05, 4.69) is 4.72 Å². The molecule has 0 spiro atoms.